The van der Waals surface area contributed by atoms with Gasteiger partial charge in [-0.1, -0.05) is 0 Å². The quantitative estimate of drug-likeness (QED) is 0.754. The molecule has 5 nitrogen and oxygen atoms in total. The van der Waals surface area contributed by atoms with Crippen LogP contribution < -0.4 is 5.73 Å². The minimum absolute atomic E-state index is 0.718. The number of ether oxygens (including phenoxy) is 1. The summed E-state index contributed by atoms with van der Waals surface area (Å²) in [5, 5.41) is 8.17. The molecule has 0 saturated carbocycles. The fraction of sp³-hybridized carbons (Fsp3) is 0.400. The lowest BCUT2D eigenvalue weighted by Gasteiger charge is -2.00. The first-order valence-electron chi connectivity index (χ1n) is 4.89. The second-order valence-corrected chi connectivity index (χ2v) is 3.40. The monoisotopic (exact) mass is 206 g/mol. The van der Waals surface area contributed by atoms with Crippen LogP contribution in [0.15, 0.2) is 18.3 Å². The molecule has 0 bridgehead atoms. The highest BCUT2D eigenvalue weighted by Crippen LogP contribution is 2.09. The van der Waals surface area contributed by atoms with Crippen LogP contribution in [0, 0.1) is 0 Å². The number of anilines is 1. The molecule has 0 aliphatic rings. The van der Waals surface area contributed by atoms with Gasteiger partial charge in [0, 0.05) is 32.0 Å². The van der Waals surface area contributed by atoms with Crippen LogP contribution in [0.3, 0.4) is 0 Å². The van der Waals surface area contributed by atoms with E-state index in [0.29, 0.717) is 0 Å². The van der Waals surface area contributed by atoms with E-state index in [1.807, 2.05) is 22.7 Å². The van der Waals surface area contributed by atoms with Gasteiger partial charge < -0.3 is 10.5 Å². The van der Waals surface area contributed by atoms with Crippen molar-refractivity contribution in [1.82, 2.24) is 14.6 Å². The Hall–Kier alpha value is -1.62. The van der Waals surface area contributed by atoms with Gasteiger partial charge in [0.05, 0.1) is 0 Å². The molecule has 5 heteroatoms. The van der Waals surface area contributed by atoms with Crippen molar-refractivity contribution < 1.29 is 4.74 Å². The van der Waals surface area contributed by atoms with E-state index in [1.54, 1.807) is 7.11 Å². The molecular weight excluding hydrogens is 192 g/mol. The third kappa shape index (κ3) is 2.07. The maximum atomic E-state index is 5.71. The number of nitrogen functional groups attached to an aromatic ring is 1. The Morgan fingerprint density at radius 3 is 3.07 bits per heavy atom. The second kappa shape index (κ2) is 4.27. The van der Waals surface area contributed by atoms with Gasteiger partial charge in [-0.15, -0.1) is 10.2 Å². The van der Waals surface area contributed by atoms with E-state index < -0.39 is 0 Å². The Balaban J connectivity index is 2.23. The van der Waals surface area contributed by atoms with Gasteiger partial charge in [-0.05, 0) is 18.6 Å². The van der Waals surface area contributed by atoms with Crippen molar-refractivity contribution in [2.75, 3.05) is 19.5 Å². The van der Waals surface area contributed by atoms with Crippen molar-refractivity contribution in [1.29, 1.82) is 0 Å². The molecule has 0 unspecified atom stereocenters. The van der Waals surface area contributed by atoms with Crippen LogP contribution in [-0.4, -0.2) is 28.3 Å². The van der Waals surface area contributed by atoms with Gasteiger partial charge in [-0.3, -0.25) is 4.40 Å². The Morgan fingerprint density at radius 2 is 2.27 bits per heavy atom. The Bertz CT molecular complexity index is 452. The molecule has 2 aromatic rings. The highest BCUT2D eigenvalue weighted by molar-refractivity contribution is 5.47. The van der Waals surface area contributed by atoms with Crippen LogP contribution in [-0.2, 0) is 11.2 Å². The molecule has 2 rings (SSSR count). The van der Waals surface area contributed by atoms with Crippen LogP contribution in [0.4, 0.5) is 5.69 Å². The molecule has 0 radical (unpaired) electrons. The Labute approximate surface area is 87.9 Å². The zero-order valence-corrected chi connectivity index (χ0v) is 8.68. The zero-order valence-electron chi connectivity index (χ0n) is 8.68. The molecular formula is C10H14N4O. The number of aryl methyl sites for hydroxylation is 1. The predicted molar refractivity (Wildman–Crippen MR) is 57.6 cm³/mol. The highest BCUT2D eigenvalue weighted by Gasteiger charge is 2.04. The summed E-state index contributed by atoms with van der Waals surface area (Å²) < 4.78 is 6.92. The summed E-state index contributed by atoms with van der Waals surface area (Å²) in [6, 6.07) is 3.69. The molecule has 0 aliphatic heterocycles. The van der Waals surface area contributed by atoms with Crippen molar-refractivity contribution in [2.45, 2.75) is 12.8 Å². The van der Waals surface area contributed by atoms with Crippen molar-refractivity contribution in [3.8, 4) is 0 Å². The molecule has 0 fully saturated rings. The highest BCUT2D eigenvalue weighted by atomic mass is 16.5. The molecule has 0 atom stereocenters. The maximum Gasteiger partial charge on any atom is 0.160 e. The number of nitrogens with zero attached hydrogens (tertiary/aromatic N) is 3. The Kier molecular flexibility index (Phi) is 2.82. The van der Waals surface area contributed by atoms with Gasteiger partial charge in [0.2, 0.25) is 0 Å². The predicted octanol–water partition coefficient (Wildman–Crippen LogP) is 0.890. The first kappa shape index (κ1) is 9.92. The fourth-order valence-electron chi connectivity index (χ4n) is 1.50. The molecule has 80 valence electrons. The minimum Gasteiger partial charge on any atom is -0.398 e. The molecule has 2 heterocycles. The maximum absolute atomic E-state index is 5.71. The summed E-state index contributed by atoms with van der Waals surface area (Å²) in [5.74, 6) is 0.925. The molecule has 15 heavy (non-hydrogen) atoms. The minimum atomic E-state index is 0.718. The van der Waals surface area contributed by atoms with E-state index >= 15 is 0 Å². The molecule has 0 aliphatic carbocycles. The number of hydrogen-bond donors (Lipinski definition) is 1. The topological polar surface area (TPSA) is 65.4 Å². The number of fused-ring (bicyclic) bond motifs is 1. The molecule has 2 aromatic heterocycles. The first-order valence-corrected chi connectivity index (χ1v) is 4.89. The van der Waals surface area contributed by atoms with Crippen LogP contribution in [0.5, 0.6) is 0 Å². The number of pyridine rings is 1. The largest absolute Gasteiger partial charge is 0.398 e. The van der Waals surface area contributed by atoms with Crippen molar-refractivity contribution in [3.63, 3.8) is 0 Å². The van der Waals surface area contributed by atoms with Gasteiger partial charge in [0.15, 0.2) is 5.65 Å². The lowest BCUT2D eigenvalue weighted by atomic mass is 10.3. The van der Waals surface area contributed by atoms with Crippen LogP contribution in [0.25, 0.3) is 5.65 Å². The van der Waals surface area contributed by atoms with Crippen molar-refractivity contribution in [3.05, 3.63) is 24.2 Å². The third-order valence-electron chi connectivity index (χ3n) is 2.24. The van der Waals surface area contributed by atoms with Crippen molar-refractivity contribution >= 4 is 11.3 Å². The summed E-state index contributed by atoms with van der Waals surface area (Å²) in [6.07, 6.45) is 3.63. The number of rotatable bonds is 4. The summed E-state index contributed by atoms with van der Waals surface area (Å²) in [6.45, 7) is 0.733. The van der Waals surface area contributed by atoms with E-state index in [9.17, 15) is 0 Å². The third-order valence-corrected chi connectivity index (χ3v) is 2.24. The SMILES string of the molecule is COCCCc1nnc2ccc(N)cn12. The summed E-state index contributed by atoms with van der Waals surface area (Å²) in [5.41, 5.74) is 7.25. The first-order chi connectivity index (χ1) is 7.31. The summed E-state index contributed by atoms with van der Waals surface area (Å²) >= 11 is 0. The number of methoxy groups -OCH3 is 1. The average Bonchev–Trinajstić information content (AvgIpc) is 2.62. The number of aromatic nitrogens is 3. The zero-order chi connectivity index (χ0) is 10.7. The molecule has 2 N–H and O–H groups in total. The molecule has 0 aromatic carbocycles. The molecule has 0 saturated heterocycles. The summed E-state index contributed by atoms with van der Waals surface area (Å²) in [7, 11) is 1.69. The van der Waals surface area contributed by atoms with E-state index in [-0.39, 0.29) is 0 Å². The number of hydrogen-bond acceptors (Lipinski definition) is 4. The van der Waals surface area contributed by atoms with Gasteiger partial charge in [-0.25, -0.2) is 0 Å². The standard InChI is InChI=1S/C10H14N4O/c1-15-6-2-3-9-12-13-10-5-4-8(11)7-14(9)10/h4-5,7H,2-3,6,11H2,1H3. The van der Waals surface area contributed by atoms with E-state index in [4.69, 9.17) is 10.5 Å². The Morgan fingerprint density at radius 1 is 1.40 bits per heavy atom. The molecule has 0 spiro atoms. The fourth-order valence-corrected chi connectivity index (χ4v) is 1.50. The van der Waals surface area contributed by atoms with Crippen LogP contribution in [0.2, 0.25) is 0 Å². The van der Waals surface area contributed by atoms with Gasteiger partial charge in [-0.2, -0.15) is 0 Å². The lowest BCUT2D eigenvalue weighted by Crippen LogP contribution is -1.99. The van der Waals surface area contributed by atoms with Gasteiger partial charge in [0.1, 0.15) is 5.82 Å². The van der Waals surface area contributed by atoms with E-state index in [0.717, 1.165) is 36.6 Å². The molecule has 0 amide bonds. The van der Waals surface area contributed by atoms with E-state index in [2.05, 4.69) is 10.2 Å². The van der Waals surface area contributed by atoms with Gasteiger partial charge in [0.25, 0.3) is 0 Å². The second-order valence-electron chi connectivity index (χ2n) is 3.40. The van der Waals surface area contributed by atoms with Crippen LogP contribution in [0.1, 0.15) is 12.2 Å². The smallest absolute Gasteiger partial charge is 0.160 e. The van der Waals surface area contributed by atoms with Crippen molar-refractivity contribution in [2.24, 2.45) is 0 Å². The van der Waals surface area contributed by atoms with Gasteiger partial charge >= 0.3 is 0 Å². The lowest BCUT2D eigenvalue weighted by molar-refractivity contribution is 0.194. The summed E-state index contributed by atoms with van der Waals surface area (Å²) in [4.78, 5) is 0. The average molecular weight is 206 g/mol. The normalized spacial score (nSPS) is 11.0. The van der Waals surface area contributed by atoms with Crippen LogP contribution >= 0.6 is 0 Å². The number of nitrogens with two attached hydrogens (primary N) is 1. The van der Waals surface area contributed by atoms with E-state index in [1.165, 1.54) is 0 Å².